The molecule has 0 spiro atoms. The first-order valence-corrected chi connectivity index (χ1v) is 25.4. The smallest absolute Gasteiger partial charge is 0.306 e. The number of ether oxygens (including phenoxy) is 1. The minimum absolute atomic E-state index is 0.0516. The first kappa shape index (κ1) is 56.8. The summed E-state index contributed by atoms with van der Waals surface area (Å²) in [7, 11) is 0. The Kier molecular flexibility index (Phi) is 45.1. The Morgan fingerprint density at radius 2 is 0.932 bits per heavy atom. The summed E-state index contributed by atoms with van der Waals surface area (Å²) < 4.78 is 5.90. The number of aliphatic hydroxyl groups is 2. The molecule has 6 nitrogen and oxygen atoms in total. The minimum Gasteiger partial charge on any atom is -0.462 e. The zero-order valence-corrected chi connectivity index (χ0v) is 39.1. The summed E-state index contributed by atoms with van der Waals surface area (Å²) in [5.74, 6) is -0.516. The number of rotatable bonds is 45. The summed E-state index contributed by atoms with van der Waals surface area (Å²) in [5.41, 5.74) is 0. The van der Waals surface area contributed by atoms with Crippen LogP contribution >= 0.6 is 0 Å². The Morgan fingerprint density at radius 1 is 0.508 bits per heavy atom. The molecule has 0 aliphatic heterocycles. The lowest BCUT2D eigenvalue weighted by Crippen LogP contribution is -2.46. The largest absolute Gasteiger partial charge is 0.462 e. The van der Waals surface area contributed by atoms with Gasteiger partial charge in [-0.25, -0.2) is 0 Å². The number of carbonyl (C=O) groups excluding carboxylic acids is 2. The monoisotopic (exact) mass is 828 g/mol. The van der Waals surface area contributed by atoms with Gasteiger partial charge in [-0.1, -0.05) is 217 Å². The average Bonchev–Trinajstić information content (AvgIpc) is 3.23. The molecule has 6 heteroatoms. The first-order valence-electron chi connectivity index (χ1n) is 25.4. The highest BCUT2D eigenvalue weighted by Gasteiger charge is 2.24. The van der Waals surface area contributed by atoms with Crippen molar-refractivity contribution in [3.63, 3.8) is 0 Å². The van der Waals surface area contributed by atoms with Crippen LogP contribution in [0.5, 0.6) is 0 Å². The molecule has 0 saturated heterocycles. The van der Waals surface area contributed by atoms with E-state index in [2.05, 4.69) is 62.5 Å². The molecular weight excluding hydrogens is 731 g/mol. The van der Waals surface area contributed by atoms with Gasteiger partial charge in [-0.05, 0) is 70.6 Å². The highest BCUT2D eigenvalue weighted by molar-refractivity contribution is 5.77. The van der Waals surface area contributed by atoms with Crippen LogP contribution in [0.25, 0.3) is 0 Å². The molecule has 3 N–H and O–H groups in total. The third-order valence-electron chi connectivity index (χ3n) is 11.5. The van der Waals surface area contributed by atoms with Gasteiger partial charge in [0.1, 0.15) is 6.10 Å². The van der Waals surface area contributed by atoms with Crippen molar-refractivity contribution in [1.29, 1.82) is 0 Å². The van der Waals surface area contributed by atoms with Gasteiger partial charge in [-0.15, -0.1) is 0 Å². The maximum atomic E-state index is 13.2. The average molecular weight is 828 g/mol. The zero-order chi connectivity index (χ0) is 43.1. The predicted octanol–water partition coefficient (Wildman–Crippen LogP) is 15.1. The third-order valence-corrected chi connectivity index (χ3v) is 11.5. The van der Waals surface area contributed by atoms with E-state index in [9.17, 15) is 19.8 Å². The lowest BCUT2D eigenvalue weighted by molar-refractivity contribution is -0.151. The summed E-state index contributed by atoms with van der Waals surface area (Å²) in [6, 6.07) is -0.713. The van der Waals surface area contributed by atoms with Gasteiger partial charge >= 0.3 is 5.97 Å². The van der Waals surface area contributed by atoms with Gasteiger partial charge in [0, 0.05) is 6.42 Å². The quantitative estimate of drug-likeness (QED) is 0.0246. The number of hydrogen-bond acceptors (Lipinski definition) is 5. The van der Waals surface area contributed by atoms with E-state index in [0.29, 0.717) is 19.3 Å². The molecule has 1 amide bonds. The molecule has 3 atom stereocenters. The van der Waals surface area contributed by atoms with E-state index in [1.807, 2.05) is 12.2 Å². The Balaban J connectivity index is 4.54. The fourth-order valence-electron chi connectivity index (χ4n) is 7.60. The molecular formula is C53H97NO5. The molecule has 344 valence electrons. The van der Waals surface area contributed by atoms with Crippen molar-refractivity contribution in [1.82, 2.24) is 5.32 Å². The molecule has 0 aromatic carbocycles. The molecule has 3 unspecified atom stereocenters. The van der Waals surface area contributed by atoms with Crippen LogP contribution in [0.3, 0.4) is 0 Å². The predicted molar refractivity (Wildman–Crippen MR) is 255 cm³/mol. The maximum absolute atomic E-state index is 13.2. The summed E-state index contributed by atoms with van der Waals surface area (Å²) >= 11 is 0. The third kappa shape index (κ3) is 42.3. The maximum Gasteiger partial charge on any atom is 0.306 e. The number of allylic oxidation sites excluding steroid dienone is 8. The lowest BCUT2D eigenvalue weighted by atomic mass is 10.0. The van der Waals surface area contributed by atoms with Gasteiger partial charge in [-0.2, -0.15) is 0 Å². The molecule has 0 aliphatic rings. The van der Waals surface area contributed by atoms with Crippen molar-refractivity contribution in [2.75, 3.05) is 6.61 Å². The number of amides is 1. The standard InChI is InChI=1S/C53H97NO5/c1-4-7-10-13-16-19-22-23-24-25-26-27-28-31-34-37-40-43-46-53(58)59-49(44-41-38-35-32-29-20-17-14-11-8-5-2)47-52(57)54-50(48-55)51(56)45-42-39-36-33-30-21-18-15-12-9-6-3/h8,11,14,17,20,26-27,29,49-51,55-56H,4-7,9-10,12-13,15-16,18-19,21-25,28,30-48H2,1-3H3,(H,54,57)/b11-8+,17-14+,27-26+,29-20-. The van der Waals surface area contributed by atoms with Crippen molar-refractivity contribution >= 4 is 11.9 Å². The summed E-state index contributed by atoms with van der Waals surface area (Å²) in [5, 5.41) is 23.7. The SMILES string of the molecule is CC/C=C/C=C/C=C\CCCCCC(CC(=O)NC(CO)C(O)CCCCCCCCCCCCC)OC(=O)CCCCCCC/C=C/CCCCCCCCCCC. The molecule has 0 bridgehead atoms. The van der Waals surface area contributed by atoms with Crippen LogP contribution < -0.4 is 5.32 Å². The van der Waals surface area contributed by atoms with E-state index in [1.54, 1.807) is 0 Å². The number of unbranched alkanes of at least 4 members (excludes halogenated alkanes) is 27. The van der Waals surface area contributed by atoms with E-state index in [1.165, 1.54) is 128 Å². The molecule has 0 aromatic rings. The van der Waals surface area contributed by atoms with Crippen LogP contribution in [0, 0.1) is 0 Å². The van der Waals surface area contributed by atoms with E-state index >= 15 is 0 Å². The van der Waals surface area contributed by atoms with Gasteiger partial charge < -0.3 is 20.3 Å². The van der Waals surface area contributed by atoms with Gasteiger partial charge in [-0.3, -0.25) is 9.59 Å². The van der Waals surface area contributed by atoms with Crippen LogP contribution in [0.2, 0.25) is 0 Å². The topological polar surface area (TPSA) is 95.9 Å². The lowest BCUT2D eigenvalue weighted by Gasteiger charge is -2.24. The van der Waals surface area contributed by atoms with Crippen molar-refractivity contribution in [2.45, 2.75) is 270 Å². The van der Waals surface area contributed by atoms with E-state index in [0.717, 1.165) is 77.0 Å². The summed E-state index contributed by atoms with van der Waals surface area (Å²) in [4.78, 5) is 26.1. The van der Waals surface area contributed by atoms with E-state index in [-0.39, 0.29) is 24.9 Å². The van der Waals surface area contributed by atoms with Gasteiger partial charge in [0.15, 0.2) is 0 Å². The van der Waals surface area contributed by atoms with Crippen molar-refractivity contribution in [2.24, 2.45) is 0 Å². The second kappa shape index (κ2) is 46.9. The van der Waals surface area contributed by atoms with Gasteiger partial charge in [0.2, 0.25) is 5.91 Å². The molecule has 0 saturated carbocycles. The van der Waals surface area contributed by atoms with Crippen LogP contribution in [0.1, 0.15) is 252 Å². The fourth-order valence-corrected chi connectivity index (χ4v) is 7.60. The Hall–Kier alpha value is -2.18. The molecule has 0 aromatic heterocycles. The Labute approximate surface area is 366 Å². The van der Waals surface area contributed by atoms with Crippen molar-refractivity contribution in [3.8, 4) is 0 Å². The minimum atomic E-state index is -0.797. The highest BCUT2D eigenvalue weighted by atomic mass is 16.5. The van der Waals surface area contributed by atoms with Crippen LogP contribution in [-0.4, -0.2) is 46.9 Å². The van der Waals surface area contributed by atoms with Gasteiger partial charge in [0.25, 0.3) is 0 Å². The van der Waals surface area contributed by atoms with Crippen molar-refractivity contribution < 1.29 is 24.5 Å². The summed E-state index contributed by atoms with van der Waals surface area (Å²) in [6.07, 6.45) is 56.1. The molecule has 0 fully saturated rings. The fraction of sp³-hybridized carbons (Fsp3) is 0.811. The Morgan fingerprint density at radius 3 is 1.44 bits per heavy atom. The molecule has 0 heterocycles. The van der Waals surface area contributed by atoms with Crippen LogP contribution in [0.15, 0.2) is 48.6 Å². The number of hydrogen-bond donors (Lipinski definition) is 3. The normalized spacial score (nSPS) is 13.6. The molecule has 0 rings (SSSR count). The number of carbonyl (C=O) groups is 2. The van der Waals surface area contributed by atoms with Crippen LogP contribution in [0.4, 0.5) is 0 Å². The number of aliphatic hydroxyl groups excluding tert-OH is 2. The number of esters is 1. The molecule has 0 radical (unpaired) electrons. The van der Waals surface area contributed by atoms with E-state index < -0.39 is 18.2 Å². The van der Waals surface area contributed by atoms with Crippen molar-refractivity contribution in [3.05, 3.63) is 48.6 Å². The second-order valence-electron chi connectivity index (χ2n) is 17.2. The molecule has 0 aliphatic carbocycles. The van der Waals surface area contributed by atoms with E-state index in [4.69, 9.17) is 4.74 Å². The Bertz CT molecular complexity index is 1020. The second-order valence-corrected chi connectivity index (χ2v) is 17.2. The molecule has 59 heavy (non-hydrogen) atoms. The van der Waals surface area contributed by atoms with Gasteiger partial charge in [0.05, 0.1) is 25.2 Å². The first-order chi connectivity index (χ1) is 29.0. The highest BCUT2D eigenvalue weighted by Crippen LogP contribution is 2.17. The zero-order valence-electron chi connectivity index (χ0n) is 39.1. The van der Waals surface area contributed by atoms with Crippen LogP contribution in [-0.2, 0) is 14.3 Å². The number of nitrogens with one attached hydrogen (secondary N) is 1. The summed E-state index contributed by atoms with van der Waals surface area (Å²) in [6.45, 7) is 6.33.